The molecular formula is C25H26ClF3N4O. The van der Waals surface area contributed by atoms with E-state index in [-0.39, 0.29) is 24.3 Å². The number of carbonyl (C=O) groups excluding carboxylic acids is 1. The van der Waals surface area contributed by atoms with Crippen molar-refractivity contribution >= 4 is 17.5 Å². The van der Waals surface area contributed by atoms with E-state index >= 15 is 0 Å². The molecule has 0 saturated carbocycles. The second-order valence-electron chi connectivity index (χ2n) is 8.29. The third-order valence-electron chi connectivity index (χ3n) is 6.35. The Labute approximate surface area is 201 Å². The largest absolute Gasteiger partial charge is 0.358 e. The number of aromatic nitrogens is 2. The van der Waals surface area contributed by atoms with Crippen LogP contribution in [-0.2, 0) is 24.2 Å². The Morgan fingerprint density at radius 2 is 1.94 bits per heavy atom. The van der Waals surface area contributed by atoms with Gasteiger partial charge in [0, 0.05) is 32.6 Å². The number of hydrogen-bond acceptors (Lipinski definition) is 3. The number of nitrogens with zero attached hydrogens (tertiary/aromatic N) is 3. The van der Waals surface area contributed by atoms with Gasteiger partial charge < -0.3 is 9.88 Å². The summed E-state index contributed by atoms with van der Waals surface area (Å²) in [5, 5.41) is 3.06. The average molecular weight is 491 g/mol. The van der Waals surface area contributed by atoms with Gasteiger partial charge in [0.05, 0.1) is 11.7 Å². The molecule has 2 atom stereocenters. The molecule has 0 aliphatic carbocycles. The number of amides is 1. The summed E-state index contributed by atoms with van der Waals surface area (Å²) in [5.41, 5.74) is 1.47. The van der Waals surface area contributed by atoms with Gasteiger partial charge in [0.25, 0.3) is 0 Å². The van der Waals surface area contributed by atoms with Crippen LogP contribution in [-0.4, -0.2) is 34.0 Å². The van der Waals surface area contributed by atoms with E-state index in [9.17, 15) is 18.0 Å². The van der Waals surface area contributed by atoms with E-state index in [1.54, 1.807) is 7.05 Å². The first-order valence-electron chi connectivity index (χ1n) is 11.3. The number of rotatable bonds is 7. The highest BCUT2D eigenvalue weighted by molar-refractivity contribution is 6.30. The van der Waals surface area contributed by atoms with Crippen molar-refractivity contribution in [3.63, 3.8) is 0 Å². The number of imidazole rings is 1. The standard InChI is InChI=1S/C25H26ClF3N4O/c1-3-20-31-24(26)23-19(10-9-16-13-17(27)14-18(28)21(16)29)32(11-12-33(20)23)22(25(34)30-2)15-7-5-4-6-8-15/h4-8,13-14,19,22H,3,9-12H2,1-2H3,(H,30,34)/t19?,22-/m1/s1. The molecular weight excluding hydrogens is 465 g/mol. The van der Waals surface area contributed by atoms with Gasteiger partial charge >= 0.3 is 0 Å². The minimum absolute atomic E-state index is 0.0555. The van der Waals surface area contributed by atoms with Gasteiger partial charge in [-0.25, -0.2) is 18.2 Å². The molecule has 1 N–H and O–H groups in total. The molecule has 0 fully saturated rings. The summed E-state index contributed by atoms with van der Waals surface area (Å²) in [5.74, 6) is -2.50. The first-order valence-corrected chi connectivity index (χ1v) is 11.6. The lowest BCUT2D eigenvalue weighted by atomic mass is 9.95. The maximum atomic E-state index is 14.4. The van der Waals surface area contributed by atoms with Crippen molar-refractivity contribution in [2.24, 2.45) is 0 Å². The second kappa shape index (κ2) is 10.2. The van der Waals surface area contributed by atoms with Crippen LogP contribution in [0.15, 0.2) is 42.5 Å². The molecule has 0 spiro atoms. The number of aryl methyl sites for hydroxylation is 2. The summed E-state index contributed by atoms with van der Waals surface area (Å²) >= 11 is 6.58. The number of benzene rings is 2. The van der Waals surface area contributed by atoms with Crippen molar-refractivity contribution in [1.82, 2.24) is 19.8 Å². The van der Waals surface area contributed by atoms with Gasteiger partial charge in [-0.15, -0.1) is 0 Å². The summed E-state index contributed by atoms with van der Waals surface area (Å²) < 4.78 is 44.1. The molecule has 4 rings (SSSR count). The van der Waals surface area contributed by atoms with Crippen LogP contribution in [0.4, 0.5) is 13.2 Å². The Hall–Kier alpha value is -2.84. The van der Waals surface area contributed by atoms with Crippen molar-refractivity contribution in [2.45, 2.75) is 44.8 Å². The molecule has 2 aromatic carbocycles. The van der Waals surface area contributed by atoms with Crippen molar-refractivity contribution in [3.05, 3.63) is 87.7 Å². The third kappa shape index (κ3) is 4.57. The highest BCUT2D eigenvalue weighted by Gasteiger charge is 2.39. The van der Waals surface area contributed by atoms with Crippen LogP contribution in [0.3, 0.4) is 0 Å². The van der Waals surface area contributed by atoms with Gasteiger partial charge in [-0.05, 0) is 30.0 Å². The normalized spacial score (nSPS) is 16.8. The van der Waals surface area contributed by atoms with Crippen LogP contribution in [0.25, 0.3) is 0 Å². The molecule has 2 heterocycles. The minimum Gasteiger partial charge on any atom is -0.358 e. The van der Waals surface area contributed by atoms with Crippen molar-refractivity contribution < 1.29 is 18.0 Å². The van der Waals surface area contributed by atoms with Crippen molar-refractivity contribution in [1.29, 1.82) is 0 Å². The summed E-state index contributed by atoms with van der Waals surface area (Å²) in [7, 11) is 1.58. The third-order valence-corrected chi connectivity index (χ3v) is 6.63. The fourth-order valence-corrected chi connectivity index (χ4v) is 5.13. The summed E-state index contributed by atoms with van der Waals surface area (Å²) in [6.07, 6.45) is 1.02. The predicted octanol–water partition coefficient (Wildman–Crippen LogP) is 4.99. The molecule has 5 nitrogen and oxygen atoms in total. The highest BCUT2D eigenvalue weighted by Crippen LogP contribution is 2.40. The van der Waals surface area contributed by atoms with Gasteiger partial charge in [-0.1, -0.05) is 48.9 Å². The summed E-state index contributed by atoms with van der Waals surface area (Å²) in [6, 6.07) is 9.84. The Balaban J connectivity index is 1.77. The maximum Gasteiger partial charge on any atom is 0.241 e. The second-order valence-corrected chi connectivity index (χ2v) is 8.65. The van der Waals surface area contributed by atoms with Gasteiger partial charge in [-0.3, -0.25) is 9.69 Å². The number of fused-ring (bicyclic) bond motifs is 1. The quantitative estimate of drug-likeness (QED) is 0.474. The van der Waals surface area contributed by atoms with Crippen LogP contribution < -0.4 is 5.32 Å². The molecule has 180 valence electrons. The highest BCUT2D eigenvalue weighted by atomic mass is 35.5. The Morgan fingerprint density at radius 3 is 2.62 bits per heavy atom. The number of halogens is 4. The van der Waals surface area contributed by atoms with Crippen molar-refractivity contribution in [2.75, 3.05) is 13.6 Å². The van der Waals surface area contributed by atoms with Crippen LogP contribution in [0.1, 0.15) is 48.1 Å². The number of likely N-dealkylation sites (N-methyl/N-ethyl adjacent to an activating group) is 1. The molecule has 34 heavy (non-hydrogen) atoms. The topological polar surface area (TPSA) is 50.2 Å². The molecule has 0 bridgehead atoms. The molecule has 3 aromatic rings. The SMILES string of the molecule is CCc1nc(Cl)c2n1CCN([C@@H](C(=O)NC)c1ccccc1)C2CCc1cc(F)cc(F)c1F. The van der Waals surface area contributed by atoms with E-state index in [4.69, 9.17) is 11.6 Å². The predicted molar refractivity (Wildman–Crippen MR) is 124 cm³/mol. The Bertz CT molecular complexity index is 1180. The summed E-state index contributed by atoms with van der Waals surface area (Å²) in [6.45, 7) is 3.08. The number of nitrogens with one attached hydrogen (secondary N) is 1. The van der Waals surface area contributed by atoms with Gasteiger partial charge in [0.2, 0.25) is 5.91 Å². The first-order chi connectivity index (χ1) is 16.3. The fourth-order valence-electron chi connectivity index (χ4n) is 4.81. The molecule has 1 unspecified atom stereocenters. The average Bonchev–Trinajstić information content (AvgIpc) is 3.17. The van der Waals surface area contributed by atoms with Crippen molar-refractivity contribution in [3.8, 4) is 0 Å². The minimum atomic E-state index is -1.22. The zero-order chi connectivity index (χ0) is 24.4. The van der Waals surface area contributed by atoms with E-state index in [2.05, 4.69) is 10.3 Å². The van der Waals surface area contributed by atoms with E-state index < -0.39 is 29.5 Å². The Kier molecular flexibility index (Phi) is 7.28. The molecule has 1 aliphatic rings. The lowest BCUT2D eigenvalue weighted by Gasteiger charge is -2.41. The van der Waals surface area contributed by atoms with E-state index in [1.165, 1.54) is 0 Å². The molecule has 1 aliphatic heterocycles. The molecule has 9 heteroatoms. The van der Waals surface area contributed by atoms with E-state index in [1.807, 2.05) is 46.7 Å². The smallest absolute Gasteiger partial charge is 0.241 e. The molecule has 1 amide bonds. The summed E-state index contributed by atoms with van der Waals surface area (Å²) in [4.78, 5) is 19.6. The van der Waals surface area contributed by atoms with Crippen LogP contribution in [0.2, 0.25) is 5.15 Å². The van der Waals surface area contributed by atoms with Gasteiger partial charge in [0.15, 0.2) is 16.8 Å². The molecule has 0 radical (unpaired) electrons. The maximum absolute atomic E-state index is 14.4. The van der Waals surface area contributed by atoms with Crippen LogP contribution >= 0.6 is 11.6 Å². The number of carbonyl (C=O) groups is 1. The monoisotopic (exact) mass is 490 g/mol. The van der Waals surface area contributed by atoms with Crippen LogP contribution in [0, 0.1) is 17.5 Å². The first kappa shape index (κ1) is 24.3. The van der Waals surface area contributed by atoms with Crippen LogP contribution in [0.5, 0.6) is 0 Å². The lowest BCUT2D eigenvalue weighted by Crippen LogP contribution is -2.46. The zero-order valence-electron chi connectivity index (χ0n) is 19.0. The van der Waals surface area contributed by atoms with Gasteiger partial charge in [0.1, 0.15) is 17.7 Å². The lowest BCUT2D eigenvalue weighted by molar-refractivity contribution is -0.128. The fraction of sp³-hybridized carbons (Fsp3) is 0.360. The van der Waals surface area contributed by atoms with Gasteiger partial charge in [-0.2, -0.15) is 0 Å². The van der Waals surface area contributed by atoms with E-state index in [0.717, 1.165) is 23.1 Å². The molecule has 1 aromatic heterocycles. The molecule has 0 saturated heterocycles. The van der Waals surface area contributed by atoms with E-state index in [0.29, 0.717) is 30.7 Å². The number of hydrogen-bond donors (Lipinski definition) is 1. The Morgan fingerprint density at radius 1 is 1.21 bits per heavy atom. The zero-order valence-corrected chi connectivity index (χ0v) is 19.7.